The molecule has 11 rings (SSSR count). The van der Waals surface area contributed by atoms with E-state index in [0.29, 0.717) is 17.6 Å². The van der Waals surface area contributed by atoms with Crippen molar-refractivity contribution < 1.29 is 0 Å². The van der Waals surface area contributed by atoms with Crippen LogP contribution in [0, 0.1) is 0 Å². The topological polar surface area (TPSA) is 48.0 Å². The third-order valence-corrected chi connectivity index (χ3v) is 10.1. The van der Waals surface area contributed by atoms with Crippen LogP contribution in [0.3, 0.4) is 0 Å². The van der Waals surface area contributed by atoms with E-state index in [0.717, 1.165) is 27.7 Å². The minimum absolute atomic E-state index is 0.593. The Labute approximate surface area is 286 Å². The third kappa shape index (κ3) is 3.80. The number of rotatable bonds is 4. The van der Waals surface area contributed by atoms with Gasteiger partial charge in [0, 0.05) is 43.4 Å². The van der Waals surface area contributed by atoms with Gasteiger partial charge in [-0.2, -0.15) is 9.97 Å². The van der Waals surface area contributed by atoms with E-state index in [-0.39, 0.29) is 0 Å². The van der Waals surface area contributed by atoms with Crippen LogP contribution in [0.15, 0.2) is 164 Å². The standard InChI is InChI=1S/C45H27N5/c1-2-13-28(14-3-1)43-46-44(48-45(47-43)50-38-24-8-4-17-32(38)33-18-5-9-25-39(33)50)30-16-10-15-29(27-30)31-20-12-26-40-41(31)36-22-11-21-35-34-19-6-7-23-37(34)49(40)42(35)36/h1-27H. The Morgan fingerprint density at radius 2 is 0.880 bits per heavy atom. The minimum atomic E-state index is 0.593. The van der Waals surface area contributed by atoms with Gasteiger partial charge in [0.1, 0.15) is 0 Å². The summed E-state index contributed by atoms with van der Waals surface area (Å²) in [5.41, 5.74) is 10.0. The predicted octanol–water partition coefficient (Wildman–Crippen LogP) is 11.1. The molecule has 0 saturated heterocycles. The average Bonchev–Trinajstić information content (AvgIpc) is 3.84. The molecule has 50 heavy (non-hydrogen) atoms. The van der Waals surface area contributed by atoms with E-state index in [1.807, 2.05) is 18.2 Å². The summed E-state index contributed by atoms with van der Waals surface area (Å²) in [4.78, 5) is 15.4. The van der Waals surface area contributed by atoms with Crippen LogP contribution in [0.2, 0.25) is 0 Å². The number of benzene rings is 7. The summed E-state index contributed by atoms with van der Waals surface area (Å²) >= 11 is 0. The maximum absolute atomic E-state index is 5.21. The number of fused-ring (bicyclic) bond motifs is 9. The van der Waals surface area contributed by atoms with E-state index in [9.17, 15) is 0 Å². The van der Waals surface area contributed by atoms with E-state index in [2.05, 4.69) is 155 Å². The zero-order valence-electron chi connectivity index (χ0n) is 26.8. The van der Waals surface area contributed by atoms with Gasteiger partial charge in [-0.05, 0) is 41.5 Å². The molecule has 4 aromatic heterocycles. The van der Waals surface area contributed by atoms with Crippen LogP contribution in [0.25, 0.3) is 99.8 Å². The van der Waals surface area contributed by atoms with E-state index in [4.69, 9.17) is 15.0 Å². The largest absolute Gasteiger partial charge is 0.308 e. The van der Waals surface area contributed by atoms with Gasteiger partial charge in [-0.15, -0.1) is 0 Å². The zero-order chi connectivity index (χ0) is 32.8. The van der Waals surface area contributed by atoms with Crippen molar-refractivity contribution in [3.8, 4) is 39.9 Å². The number of hydrogen-bond acceptors (Lipinski definition) is 3. The van der Waals surface area contributed by atoms with Crippen molar-refractivity contribution in [2.24, 2.45) is 0 Å². The second kappa shape index (κ2) is 10.3. The van der Waals surface area contributed by atoms with Gasteiger partial charge in [0.2, 0.25) is 5.95 Å². The predicted molar refractivity (Wildman–Crippen MR) is 205 cm³/mol. The van der Waals surface area contributed by atoms with Gasteiger partial charge in [0.25, 0.3) is 0 Å². The molecule has 7 aromatic carbocycles. The molecule has 0 unspecified atom stereocenters. The molecule has 0 spiro atoms. The number of hydrogen-bond donors (Lipinski definition) is 0. The van der Waals surface area contributed by atoms with Gasteiger partial charge in [-0.25, -0.2) is 4.98 Å². The van der Waals surface area contributed by atoms with Crippen molar-refractivity contribution in [2.75, 3.05) is 0 Å². The van der Waals surface area contributed by atoms with Crippen LogP contribution in [0.4, 0.5) is 0 Å². The summed E-state index contributed by atoms with van der Waals surface area (Å²) < 4.78 is 4.59. The highest BCUT2D eigenvalue weighted by molar-refractivity contribution is 6.25. The van der Waals surface area contributed by atoms with Crippen molar-refractivity contribution in [1.29, 1.82) is 0 Å². The first-order valence-corrected chi connectivity index (χ1v) is 16.9. The minimum Gasteiger partial charge on any atom is -0.308 e. The van der Waals surface area contributed by atoms with Crippen LogP contribution in [-0.4, -0.2) is 23.9 Å². The molecule has 5 nitrogen and oxygen atoms in total. The lowest BCUT2D eigenvalue weighted by Crippen LogP contribution is -2.06. The molecule has 0 aliphatic carbocycles. The summed E-state index contributed by atoms with van der Waals surface area (Å²) in [6.07, 6.45) is 0. The number of aromatic nitrogens is 5. The Balaban J connectivity index is 1.15. The fraction of sp³-hybridized carbons (Fsp3) is 0. The van der Waals surface area contributed by atoms with Crippen molar-refractivity contribution in [3.63, 3.8) is 0 Å². The lowest BCUT2D eigenvalue weighted by atomic mass is 9.97. The molecule has 0 saturated carbocycles. The van der Waals surface area contributed by atoms with E-state index < -0.39 is 0 Å². The highest BCUT2D eigenvalue weighted by Gasteiger charge is 2.21. The third-order valence-electron chi connectivity index (χ3n) is 10.1. The van der Waals surface area contributed by atoms with E-state index in [1.165, 1.54) is 54.4 Å². The molecule has 4 heterocycles. The molecular weight excluding hydrogens is 611 g/mol. The monoisotopic (exact) mass is 637 g/mol. The average molecular weight is 638 g/mol. The Bertz CT molecular complexity index is 3040. The lowest BCUT2D eigenvalue weighted by molar-refractivity contribution is 0.953. The first-order valence-electron chi connectivity index (χ1n) is 16.9. The van der Waals surface area contributed by atoms with Crippen LogP contribution in [-0.2, 0) is 0 Å². The fourth-order valence-electron chi connectivity index (χ4n) is 7.99. The highest BCUT2D eigenvalue weighted by atomic mass is 15.2. The van der Waals surface area contributed by atoms with E-state index >= 15 is 0 Å². The molecule has 0 aliphatic rings. The second-order valence-corrected chi connectivity index (χ2v) is 12.9. The molecule has 0 fully saturated rings. The van der Waals surface area contributed by atoms with Crippen LogP contribution in [0.5, 0.6) is 0 Å². The van der Waals surface area contributed by atoms with Crippen molar-refractivity contribution in [2.45, 2.75) is 0 Å². The smallest absolute Gasteiger partial charge is 0.238 e. The Hall–Kier alpha value is -6.85. The Morgan fingerprint density at radius 3 is 1.64 bits per heavy atom. The number of nitrogens with zero attached hydrogens (tertiary/aromatic N) is 5. The van der Waals surface area contributed by atoms with Gasteiger partial charge in [-0.3, -0.25) is 4.57 Å². The van der Waals surface area contributed by atoms with Gasteiger partial charge < -0.3 is 4.40 Å². The fourth-order valence-corrected chi connectivity index (χ4v) is 7.99. The molecule has 0 atom stereocenters. The molecule has 0 aliphatic heterocycles. The van der Waals surface area contributed by atoms with Crippen LogP contribution in [0.1, 0.15) is 0 Å². The van der Waals surface area contributed by atoms with Gasteiger partial charge in [-0.1, -0.05) is 133 Å². The quantitative estimate of drug-likeness (QED) is 0.193. The normalized spacial score (nSPS) is 12.0. The van der Waals surface area contributed by atoms with Gasteiger partial charge in [0.05, 0.1) is 27.6 Å². The first kappa shape index (κ1) is 27.1. The van der Waals surface area contributed by atoms with Crippen LogP contribution < -0.4 is 0 Å². The zero-order valence-corrected chi connectivity index (χ0v) is 26.8. The highest BCUT2D eigenvalue weighted by Crippen LogP contribution is 2.43. The molecular formula is C45H27N5. The van der Waals surface area contributed by atoms with Gasteiger partial charge in [0.15, 0.2) is 11.6 Å². The van der Waals surface area contributed by atoms with Crippen molar-refractivity contribution in [3.05, 3.63) is 164 Å². The number of para-hydroxylation sites is 4. The summed E-state index contributed by atoms with van der Waals surface area (Å²) in [5.74, 6) is 1.86. The van der Waals surface area contributed by atoms with Crippen molar-refractivity contribution >= 4 is 59.9 Å². The molecule has 0 N–H and O–H groups in total. The summed E-state index contributed by atoms with van der Waals surface area (Å²) in [6.45, 7) is 0. The van der Waals surface area contributed by atoms with Crippen LogP contribution >= 0.6 is 0 Å². The molecule has 232 valence electrons. The van der Waals surface area contributed by atoms with E-state index in [1.54, 1.807) is 0 Å². The molecule has 11 aromatic rings. The Morgan fingerprint density at radius 1 is 0.360 bits per heavy atom. The summed E-state index contributed by atoms with van der Waals surface area (Å²) in [7, 11) is 0. The maximum Gasteiger partial charge on any atom is 0.238 e. The van der Waals surface area contributed by atoms with Crippen molar-refractivity contribution in [1.82, 2.24) is 23.9 Å². The second-order valence-electron chi connectivity index (χ2n) is 12.9. The molecule has 0 amide bonds. The summed E-state index contributed by atoms with van der Waals surface area (Å²) in [5, 5.41) is 7.41. The molecule has 5 heteroatoms. The Kier molecular flexibility index (Phi) is 5.60. The summed E-state index contributed by atoms with van der Waals surface area (Å²) in [6, 6.07) is 57.7. The first-order chi connectivity index (χ1) is 24.8. The maximum atomic E-state index is 5.21. The SMILES string of the molecule is c1ccc(-c2nc(-c3cccc(-c4cccc5c4c4cccc6c7ccccc7n5c64)c3)nc(-n3c4ccccc4c4ccccc43)n2)cc1. The lowest BCUT2D eigenvalue weighted by Gasteiger charge is -2.12. The van der Waals surface area contributed by atoms with Gasteiger partial charge >= 0.3 is 0 Å². The molecule has 0 radical (unpaired) electrons. The molecule has 0 bridgehead atoms.